The summed E-state index contributed by atoms with van der Waals surface area (Å²) in [6, 6.07) is 0. The highest BCUT2D eigenvalue weighted by atomic mass is 16.6. The van der Waals surface area contributed by atoms with Crippen molar-refractivity contribution in [3.05, 3.63) is 11.5 Å². The van der Waals surface area contributed by atoms with E-state index in [1.54, 1.807) is 0 Å². The molecule has 0 saturated carbocycles. The quantitative estimate of drug-likeness (QED) is 0.495. The highest BCUT2D eigenvalue weighted by Crippen LogP contribution is 2.14. The molecule has 1 heterocycles. The Morgan fingerprint density at radius 3 is 2.57 bits per heavy atom. The fourth-order valence-electron chi connectivity index (χ4n) is 0.531. The maximum Gasteiger partial charge on any atom is 0.275 e. The Balaban J connectivity index is 2.64. The summed E-state index contributed by atoms with van der Waals surface area (Å²) in [7, 11) is 0. The lowest BCUT2D eigenvalue weighted by atomic mass is 10.3. The Hall–Kier alpha value is -0.660. The van der Waals surface area contributed by atoms with E-state index < -0.39 is 0 Å². The molecule has 0 aromatic rings. The van der Waals surface area contributed by atoms with E-state index >= 15 is 0 Å². The average Bonchev–Trinajstić information content (AvgIpc) is 1.91. The fourth-order valence-corrected chi connectivity index (χ4v) is 0.531. The molecule has 0 aromatic heterocycles. The first-order valence-corrected chi connectivity index (χ1v) is 2.32. The lowest BCUT2D eigenvalue weighted by Gasteiger charge is -1.89. The minimum absolute atomic E-state index is 0.125. The SMILES string of the molecule is CC1=C(O)OCC1. The van der Waals surface area contributed by atoms with Crippen molar-refractivity contribution in [3.8, 4) is 0 Å². The van der Waals surface area contributed by atoms with E-state index in [0.29, 0.717) is 6.61 Å². The molecule has 1 aliphatic heterocycles. The molecule has 0 aromatic carbocycles. The molecular weight excluding hydrogens is 92.1 g/mol. The average molecular weight is 100 g/mol. The van der Waals surface area contributed by atoms with Crippen molar-refractivity contribution in [3.63, 3.8) is 0 Å². The van der Waals surface area contributed by atoms with E-state index in [2.05, 4.69) is 0 Å². The maximum atomic E-state index is 8.66. The van der Waals surface area contributed by atoms with Gasteiger partial charge in [0.15, 0.2) is 0 Å². The van der Waals surface area contributed by atoms with Gasteiger partial charge in [-0.2, -0.15) is 0 Å². The van der Waals surface area contributed by atoms with E-state index in [-0.39, 0.29) is 5.95 Å². The summed E-state index contributed by atoms with van der Waals surface area (Å²) in [6.07, 6.45) is 0.881. The molecule has 0 atom stereocenters. The molecule has 0 fully saturated rings. The first kappa shape index (κ1) is 4.50. The lowest BCUT2D eigenvalue weighted by Crippen LogP contribution is -1.79. The number of rotatable bonds is 0. The van der Waals surface area contributed by atoms with E-state index in [4.69, 9.17) is 9.84 Å². The fraction of sp³-hybridized carbons (Fsp3) is 0.600. The molecule has 0 unspecified atom stereocenters. The smallest absolute Gasteiger partial charge is 0.275 e. The Morgan fingerprint density at radius 2 is 2.43 bits per heavy atom. The van der Waals surface area contributed by atoms with Gasteiger partial charge < -0.3 is 9.84 Å². The number of hydrogen-bond donors (Lipinski definition) is 1. The van der Waals surface area contributed by atoms with Gasteiger partial charge in [-0.05, 0) is 6.92 Å². The molecule has 1 aliphatic rings. The van der Waals surface area contributed by atoms with E-state index in [1.165, 1.54) is 0 Å². The van der Waals surface area contributed by atoms with Gasteiger partial charge in [-0.1, -0.05) is 0 Å². The molecule has 2 heteroatoms. The molecule has 1 N–H and O–H groups in total. The molecule has 40 valence electrons. The molecule has 1 rings (SSSR count). The van der Waals surface area contributed by atoms with Crippen molar-refractivity contribution in [1.29, 1.82) is 0 Å². The minimum Gasteiger partial charge on any atom is -0.481 e. The maximum absolute atomic E-state index is 8.66. The summed E-state index contributed by atoms with van der Waals surface area (Å²) in [5.41, 5.74) is 0.958. The molecule has 0 amide bonds. The Kier molecular flexibility index (Phi) is 0.929. The second-order valence-corrected chi connectivity index (χ2v) is 1.68. The summed E-state index contributed by atoms with van der Waals surface area (Å²) in [4.78, 5) is 0. The van der Waals surface area contributed by atoms with Crippen LogP contribution in [0.4, 0.5) is 0 Å². The molecule has 2 nitrogen and oxygen atoms in total. The van der Waals surface area contributed by atoms with Gasteiger partial charge in [0.05, 0.1) is 6.61 Å². The third-order valence-electron chi connectivity index (χ3n) is 1.08. The molecule has 0 saturated heterocycles. The van der Waals surface area contributed by atoms with Gasteiger partial charge >= 0.3 is 0 Å². The Bertz CT molecular complexity index is 92.6. The van der Waals surface area contributed by atoms with Crippen molar-refractivity contribution in [1.82, 2.24) is 0 Å². The van der Waals surface area contributed by atoms with Gasteiger partial charge in [-0.15, -0.1) is 0 Å². The molecule has 0 spiro atoms. The van der Waals surface area contributed by atoms with Gasteiger partial charge in [-0.3, -0.25) is 0 Å². The van der Waals surface area contributed by atoms with Gasteiger partial charge in [0.1, 0.15) is 0 Å². The van der Waals surface area contributed by atoms with Gasteiger partial charge in [0.2, 0.25) is 0 Å². The zero-order chi connectivity index (χ0) is 5.28. The van der Waals surface area contributed by atoms with Crippen LogP contribution in [0.5, 0.6) is 0 Å². The van der Waals surface area contributed by atoms with E-state index in [9.17, 15) is 0 Å². The van der Waals surface area contributed by atoms with Crippen LogP contribution in [0, 0.1) is 0 Å². The number of ether oxygens (including phenoxy) is 1. The predicted octanol–water partition coefficient (Wildman–Crippen LogP) is 1.20. The highest BCUT2D eigenvalue weighted by molar-refractivity contribution is 5.02. The van der Waals surface area contributed by atoms with Crippen molar-refractivity contribution in [2.45, 2.75) is 13.3 Å². The highest BCUT2D eigenvalue weighted by Gasteiger charge is 2.08. The van der Waals surface area contributed by atoms with Crippen LogP contribution in [0.3, 0.4) is 0 Å². The van der Waals surface area contributed by atoms with Crippen LogP contribution in [0.2, 0.25) is 0 Å². The summed E-state index contributed by atoms with van der Waals surface area (Å²) in [5, 5.41) is 8.66. The van der Waals surface area contributed by atoms with Crippen LogP contribution in [0.25, 0.3) is 0 Å². The van der Waals surface area contributed by atoms with Gasteiger partial charge in [0.25, 0.3) is 5.95 Å². The van der Waals surface area contributed by atoms with Gasteiger partial charge in [0, 0.05) is 12.0 Å². The van der Waals surface area contributed by atoms with E-state index in [1.807, 2.05) is 6.92 Å². The number of hydrogen-bond acceptors (Lipinski definition) is 2. The molecular formula is C5H8O2. The van der Waals surface area contributed by atoms with Crippen molar-refractivity contribution in [2.24, 2.45) is 0 Å². The normalized spacial score (nSPS) is 20.1. The Labute approximate surface area is 42.4 Å². The topological polar surface area (TPSA) is 29.5 Å². The zero-order valence-corrected chi connectivity index (χ0v) is 4.27. The monoisotopic (exact) mass is 100 g/mol. The van der Waals surface area contributed by atoms with Crippen LogP contribution >= 0.6 is 0 Å². The number of aliphatic hydroxyl groups excluding tert-OH is 1. The minimum atomic E-state index is 0.125. The van der Waals surface area contributed by atoms with Crippen molar-refractivity contribution >= 4 is 0 Å². The van der Waals surface area contributed by atoms with E-state index in [0.717, 1.165) is 12.0 Å². The number of aliphatic hydroxyl groups is 1. The zero-order valence-electron chi connectivity index (χ0n) is 4.27. The van der Waals surface area contributed by atoms with Crippen LogP contribution in [0.1, 0.15) is 13.3 Å². The summed E-state index contributed by atoms with van der Waals surface area (Å²) in [6.45, 7) is 2.51. The molecule has 0 bridgehead atoms. The first-order valence-electron chi connectivity index (χ1n) is 2.32. The molecule has 0 aliphatic carbocycles. The summed E-state index contributed by atoms with van der Waals surface area (Å²) in [5.74, 6) is 0.125. The second kappa shape index (κ2) is 1.45. The molecule has 7 heavy (non-hydrogen) atoms. The summed E-state index contributed by atoms with van der Waals surface area (Å²) < 4.78 is 4.70. The largest absolute Gasteiger partial charge is 0.481 e. The standard InChI is InChI=1S/C5H8O2/c1-4-2-3-7-5(4)6/h6H,2-3H2,1H3. The summed E-state index contributed by atoms with van der Waals surface area (Å²) >= 11 is 0. The van der Waals surface area contributed by atoms with Crippen molar-refractivity contribution in [2.75, 3.05) is 6.61 Å². The van der Waals surface area contributed by atoms with Crippen LogP contribution in [0.15, 0.2) is 11.5 Å². The lowest BCUT2D eigenvalue weighted by molar-refractivity contribution is 0.118. The predicted molar refractivity (Wildman–Crippen MR) is 25.9 cm³/mol. The first-order chi connectivity index (χ1) is 3.30. The van der Waals surface area contributed by atoms with Crippen LogP contribution in [-0.4, -0.2) is 11.7 Å². The third kappa shape index (κ3) is 0.683. The Morgan fingerprint density at radius 1 is 1.71 bits per heavy atom. The van der Waals surface area contributed by atoms with Crippen LogP contribution in [-0.2, 0) is 4.74 Å². The van der Waals surface area contributed by atoms with Crippen molar-refractivity contribution < 1.29 is 9.84 Å². The third-order valence-corrected chi connectivity index (χ3v) is 1.08. The molecule has 0 radical (unpaired) electrons. The van der Waals surface area contributed by atoms with Gasteiger partial charge in [-0.25, -0.2) is 0 Å². The second-order valence-electron chi connectivity index (χ2n) is 1.68. The van der Waals surface area contributed by atoms with Crippen LogP contribution < -0.4 is 0 Å².